The topological polar surface area (TPSA) is 0 Å². The molecule has 0 nitrogen and oxygen atoms in total. The molecule has 0 aliphatic heterocycles. The van der Waals surface area contributed by atoms with Crippen molar-refractivity contribution in [3.63, 3.8) is 0 Å². The monoisotopic (exact) mass is 282 g/mol. The molecule has 0 amide bonds. The maximum atomic E-state index is 2.28. The molecule has 0 aliphatic rings. The largest absolute Gasteiger partial charge is 0.0590 e. The summed E-state index contributed by atoms with van der Waals surface area (Å²) in [4.78, 5) is 0. The molecule has 0 aromatic heterocycles. The first kappa shape index (κ1) is 17.5. The second-order valence-corrected chi connectivity index (χ2v) is 6.56. The lowest BCUT2D eigenvalue weighted by molar-refractivity contribution is 0.864. The third-order valence-corrected chi connectivity index (χ3v) is 3.94. The summed E-state index contributed by atoms with van der Waals surface area (Å²) in [5.74, 6) is 1.30. The molecule has 0 fully saturated rings. The van der Waals surface area contributed by atoms with Gasteiger partial charge in [0.15, 0.2) is 0 Å². The normalized spacial score (nSPS) is 10.5. The van der Waals surface area contributed by atoms with Gasteiger partial charge in [-0.3, -0.25) is 0 Å². The maximum Gasteiger partial charge on any atom is -0.0219 e. The summed E-state index contributed by atoms with van der Waals surface area (Å²) in [7, 11) is 0. The Morgan fingerprint density at radius 1 is 0.571 bits per heavy atom. The number of rotatable bonds is 2. The Balaban J connectivity index is 0.000000211. The minimum atomic E-state index is 0.647. The van der Waals surface area contributed by atoms with Crippen LogP contribution < -0.4 is 0 Å². The molecule has 0 atom stereocenters. The van der Waals surface area contributed by atoms with Gasteiger partial charge >= 0.3 is 0 Å². The highest BCUT2D eigenvalue weighted by Crippen LogP contribution is 2.17. The molecular formula is C21H30. The van der Waals surface area contributed by atoms with Crippen LogP contribution in [0.15, 0.2) is 42.5 Å². The molecule has 0 radical (unpaired) electrons. The molecule has 2 aromatic rings. The fourth-order valence-electron chi connectivity index (χ4n) is 2.08. The van der Waals surface area contributed by atoms with E-state index < -0.39 is 0 Å². The lowest BCUT2D eigenvalue weighted by Crippen LogP contribution is -1.89. The van der Waals surface area contributed by atoms with E-state index in [1.54, 1.807) is 0 Å². The van der Waals surface area contributed by atoms with E-state index in [-0.39, 0.29) is 0 Å². The quantitative estimate of drug-likeness (QED) is 0.586. The van der Waals surface area contributed by atoms with Crippen LogP contribution in [0, 0.1) is 20.8 Å². The van der Waals surface area contributed by atoms with Crippen LogP contribution in [0.1, 0.15) is 67.3 Å². The van der Waals surface area contributed by atoms with Gasteiger partial charge in [0.25, 0.3) is 0 Å². The molecule has 0 N–H and O–H groups in total. The average molecular weight is 282 g/mol. The predicted molar refractivity (Wildman–Crippen MR) is 95.3 cm³/mol. The van der Waals surface area contributed by atoms with Crippen molar-refractivity contribution in [2.75, 3.05) is 0 Å². The molecule has 0 saturated heterocycles. The van der Waals surface area contributed by atoms with Crippen molar-refractivity contribution in [2.24, 2.45) is 0 Å². The maximum absolute atomic E-state index is 2.28. The Morgan fingerprint density at radius 3 is 1.48 bits per heavy atom. The van der Waals surface area contributed by atoms with Crippen LogP contribution in [0.5, 0.6) is 0 Å². The smallest absolute Gasteiger partial charge is 0.0219 e. The number of hydrogen-bond acceptors (Lipinski definition) is 0. The van der Waals surface area contributed by atoms with E-state index >= 15 is 0 Å². The van der Waals surface area contributed by atoms with E-state index in [9.17, 15) is 0 Å². The van der Waals surface area contributed by atoms with Crippen LogP contribution in [0.25, 0.3) is 0 Å². The van der Waals surface area contributed by atoms with Gasteiger partial charge in [0, 0.05) is 0 Å². The predicted octanol–water partition coefficient (Wildman–Crippen LogP) is 6.55. The van der Waals surface area contributed by atoms with E-state index in [1.165, 1.54) is 27.8 Å². The van der Waals surface area contributed by atoms with Gasteiger partial charge < -0.3 is 0 Å². The van der Waals surface area contributed by atoms with Gasteiger partial charge in [0.1, 0.15) is 0 Å². The van der Waals surface area contributed by atoms with E-state index in [4.69, 9.17) is 0 Å². The zero-order valence-corrected chi connectivity index (χ0v) is 14.7. The van der Waals surface area contributed by atoms with Crippen LogP contribution in [0.3, 0.4) is 0 Å². The number of aryl methyl sites for hydroxylation is 3. The van der Waals surface area contributed by atoms with Crippen LogP contribution in [0.2, 0.25) is 0 Å². The van der Waals surface area contributed by atoms with Gasteiger partial charge in [-0.05, 0) is 54.9 Å². The number of benzene rings is 2. The van der Waals surface area contributed by atoms with Gasteiger partial charge in [-0.15, -0.1) is 0 Å². The van der Waals surface area contributed by atoms with Crippen molar-refractivity contribution in [3.05, 3.63) is 70.3 Å². The second-order valence-electron chi connectivity index (χ2n) is 6.56. The Morgan fingerprint density at radius 2 is 1.05 bits per heavy atom. The van der Waals surface area contributed by atoms with Gasteiger partial charge in [0.05, 0.1) is 0 Å². The molecule has 0 aliphatic carbocycles. The van der Waals surface area contributed by atoms with Crippen LogP contribution >= 0.6 is 0 Å². The summed E-state index contributed by atoms with van der Waals surface area (Å²) in [6, 6.07) is 15.4. The fourth-order valence-corrected chi connectivity index (χ4v) is 2.08. The van der Waals surface area contributed by atoms with Crippen LogP contribution in [-0.2, 0) is 0 Å². The van der Waals surface area contributed by atoms with Gasteiger partial charge in [-0.1, -0.05) is 75.7 Å². The first-order chi connectivity index (χ1) is 9.81. The number of hydrogen-bond donors (Lipinski definition) is 0. The molecule has 0 saturated carbocycles. The summed E-state index contributed by atoms with van der Waals surface area (Å²) in [5.41, 5.74) is 6.98. The van der Waals surface area contributed by atoms with Crippen molar-refractivity contribution in [1.82, 2.24) is 0 Å². The molecule has 114 valence electrons. The van der Waals surface area contributed by atoms with Crippen molar-refractivity contribution in [3.8, 4) is 0 Å². The highest BCUT2D eigenvalue weighted by atomic mass is 14.0. The third-order valence-electron chi connectivity index (χ3n) is 3.94. The summed E-state index contributed by atoms with van der Waals surface area (Å²) >= 11 is 0. The molecule has 0 unspecified atom stereocenters. The van der Waals surface area contributed by atoms with Crippen molar-refractivity contribution in [2.45, 2.75) is 60.3 Å². The second kappa shape index (κ2) is 8.02. The Kier molecular flexibility index (Phi) is 6.68. The van der Waals surface area contributed by atoms with Gasteiger partial charge in [0.2, 0.25) is 0 Å². The molecule has 2 rings (SSSR count). The first-order valence-corrected chi connectivity index (χ1v) is 7.95. The lowest BCUT2D eigenvalue weighted by Gasteiger charge is -2.07. The minimum absolute atomic E-state index is 0.647. The first-order valence-electron chi connectivity index (χ1n) is 7.95. The summed E-state index contributed by atoms with van der Waals surface area (Å²) < 4.78 is 0. The average Bonchev–Trinajstić information content (AvgIpc) is 2.43. The van der Waals surface area contributed by atoms with Crippen molar-refractivity contribution >= 4 is 0 Å². The van der Waals surface area contributed by atoms with Crippen LogP contribution in [0.4, 0.5) is 0 Å². The molecule has 0 bridgehead atoms. The van der Waals surface area contributed by atoms with E-state index in [2.05, 4.69) is 90.9 Å². The van der Waals surface area contributed by atoms with Gasteiger partial charge in [-0.25, -0.2) is 0 Å². The van der Waals surface area contributed by atoms with Crippen LogP contribution in [-0.4, -0.2) is 0 Å². The Bertz CT molecular complexity index is 545. The lowest BCUT2D eigenvalue weighted by atomic mass is 9.99. The molecule has 21 heavy (non-hydrogen) atoms. The highest BCUT2D eigenvalue weighted by Gasteiger charge is 1.99. The summed E-state index contributed by atoms with van der Waals surface area (Å²) in [5, 5.41) is 0. The Hall–Kier alpha value is -1.56. The Labute approximate surface area is 131 Å². The summed E-state index contributed by atoms with van der Waals surface area (Å²) in [6.45, 7) is 15.3. The SMILES string of the molecule is Cc1ccc(C(C)C)cc1.Cc1ccc(C(C)C)cc1C. The molecule has 0 heteroatoms. The zero-order chi connectivity index (χ0) is 16.0. The molecule has 0 spiro atoms. The van der Waals surface area contributed by atoms with Gasteiger partial charge in [-0.2, -0.15) is 0 Å². The minimum Gasteiger partial charge on any atom is -0.0590 e. The zero-order valence-electron chi connectivity index (χ0n) is 14.7. The molecule has 2 aromatic carbocycles. The van der Waals surface area contributed by atoms with E-state index in [0.717, 1.165) is 0 Å². The van der Waals surface area contributed by atoms with Crippen molar-refractivity contribution < 1.29 is 0 Å². The van der Waals surface area contributed by atoms with Crippen molar-refractivity contribution in [1.29, 1.82) is 0 Å². The van der Waals surface area contributed by atoms with E-state index in [1.807, 2.05) is 0 Å². The summed E-state index contributed by atoms with van der Waals surface area (Å²) in [6.07, 6.45) is 0. The third kappa shape index (κ3) is 5.75. The molecule has 0 heterocycles. The fraction of sp³-hybridized carbons (Fsp3) is 0.429. The highest BCUT2D eigenvalue weighted by molar-refractivity contribution is 5.31. The molecular weight excluding hydrogens is 252 g/mol. The van der Waals surface area contributed by atoms with E-state index in [0.29, 0.717) is 11.8 Å². The standard InChI is InChI=1S/C11H16.C10H14/c1-8(2)11-6-5-9(3)10(4)7-11;1-8(2)10-6-4-9(3)5-7-10/h5-8H,1-4H3;4-8H,1-3H3.